The minimum Gasteiger partial charge on any atom is -0.453 e. The van der Waals surface area contributed by atoms with Gasteiger partial charge in [0, 0.05) is 30.4 Å². The number of aryl methyl sites for hydroxylation is 2. The fourth-order valence-corrected chi connectivity index (χ4v) is 3.39. The Morgan fingerprint density at radius 1 is 1.36 bits per heavy atom. The summed E-state index contributed by atoms with van der Waals surface area (Å²) in [5.41, 5.74) is 2.60. The Labute approximate surface area is 146 Å². The van der Waals surface area contributed by atoms with Gasteiger partial charge in [-0.25, -0.2) is 4.39 Å². The van der Waals surface area contributed by atoms with Gasteiger partial charge >= 0.3 is 0 Å². The van der Waals surface area contributed by atoms with Crippen molar-refractivity contribution in [2.24, 2.45) is 0 Å². The number of halogens is 1. The molecule has 5 nitrogen and oxygen atoms in total. The van der Waals surface area contributed by atoms with Crippen LogP contribution in [0, 0.1) is 19.7 Å². The van der Waals surface area contributed by atoms with E-state index in [4.69, 9.17) is 9.52 Å². The molecule has 25 heavy (non-hydrogen) atoms. The van der Waals surface area contributed by atoms with Gasteiger partial charge in [0.2, 0.25) is 0 Å². The largest absolute Gasteiger partial charge is 0.453 e. The molecule has 134 valence electrons. The van der Waals surface area contributed by atoms with E-state index in [0.29, 0.717) is 17.9 Å². The Kier molecular flexibility index (Phi) is 5.08. The van der Waals surface area contributed by atoms with Crippen molar-refractivity contribution in [3.63, 3.8) is 0 Å². The second-order valence-corrected chi connectivity index (χ2v) is 6.57. The summed E-state index contributed by atoms with van der Waals surface area (Å²) in [7, 11) is 0. The van der Waals surface area contributed by atoms with E-state index in [9.17, 15) is 9.18 Å². The van der Waals surface area contributed by atoms with Crippen LogP contribution >= 0.6 is 0 Å². The third-order valence-corrected chi connectivity index (χ3v) is 4.59. The zero-order valence-corrected chi connectivity index (χ0v) is 14.5. The summed E-state index contributed by atoms with van der Waals surface area (Å²) in [6.45, 7) is 5.00. The van der Waals surface area contributed by atoms with Crippen LogP contribution < -0.4 is 10.2 Å². The summed E-state index contributed by atoms with van der Waals surface area (Å²) in [4.78, 5) is 14.6. The number of piperidine rings is 1. The van der Waals surface area contributed by atoms with E-state index in [1.165, 1.54) is 12.1 Å². The molecule has 1 amide bonds. The van der Waals surface area contributed by atoms with Crippen LogP contribution in [0.3, 0.4) is 0 Å². The fraction of sp³-hybridized carbons (Fsp3) is 0.421. The van der Waals surface area contributed by atoms with E-state index in [2.05, 4.69) is 10.2 Å². The molecule has 1 aliphatic heterocycles. The van der Waals surface area contributed by atoms with Gasteiger partial charge in [-0.1, -0.05) is 0 Å². The zero-order chi connectivity index (χ0) is 18.0. The van der Waals surface area contributed by atoms with E-state index < -0.39 is 0 Å². The first-order chi connectivity index (χ1) is 12.0. The third-order valence-electron chi connectivity index (χ3n) is 4.59. The highest BCUT2D eigenvalue weighted by Crippen LogP contribution is 2.25. The summed E-state index contributed by atoms with van der Waals surface area (Å²) in [5.74, 6) is 0.130. The number of amides is 1. The van der Waals surface area contributed by atoms with Crippen LogP contribution in [0.2, 0.25) is 0 Å². The topological polar surface area (TPSA) is 65.7 Å². The summed E-state index contributed by atoms with van der Waals surface area (Å²) < 4.78 is 18.7. The number of hydrogen-bond donors (Lipinski definition) is 2. The van der Waals surface area contributed by atoms with Crippen molar-refractivity contribution >= 4 is 11.6 Å². The smallest absolute Gasteiger partial charge is 0.287 e. The average Bonchev–Trinajstić information content (AvgIpc) is 2.96. The summed E-state index contributed by atoms with van der Waals surface area (Å²) in [5, 5.41) is 12.1. The predicted molar refractivity (Wildman–Crippen MR) is 93.2 cm³/mol. The van der Waals surface area contributed by atoms with E-state index in [1.54, 1.807) is 19.1 Å². The van der Waals surface area contributed by atoms with E-state index in [0.717, 1.165) is 30.6 Å². The Bertz CT molecular complexity index is 772. The average molecular weight is 346 g/mol. The number of carbonyl (C=O) groups excluding carboxylic acids is 1. The highest BCUT2D eigenvalue weighted by molar-refractivity contribution is 5.93. The molecule has 2 N–H and O–H groups in total. The molecule has 1 aromatic carbocycles. The molecule has 1 aromatic heterocycles. The molecule has 1 atom stereocenters. The maximum absolute atomic E-state index is 13.3. The number of aliphatic hydroxyl groups is 1. The number of nitrogens with zero attached hydrogens (tertiary/aromatic N) is 1. The van der Waals surface area contributed by atoms with Crippen molar-refractivity contribution in [3.05, 3.63) is 52.7 Å². The molecule has 0 spiro atoms. The molecular weight excluding hydrogens is 323 g/mol. The standard InChI is InChI=1S/C19H23FN2O3/c1-12-8-14(20)5-6-17(12)22-7-3-4-15(10-22)21-19(24)18-13(2)9-16(11-23)25-18/h5-6,8-9,15,23H,3-4,7,10-11H2,1-2H3,(H,21,24). The summed E-state index contributed by atoms with van der Waals surface area (Å²) >= 11 is 0. The number of aliphatic hydroxyl groups excluding tert-OH is 1. The second-order valence-electron chi connectivity index (χ2n) is 6.57. The van der Waals surface area contributed by atoms with Crippen molar-refractivity contribution in [3.8, 4) is 0 Å². The second kappa shape index (κ2) is 7.27. The van der Waals surface area contributed by atoms with E-state index >= 15 is 0 Å². The first kappa shape index (κ1) is 17.5. The van der Waals surface area contributed by atoms with Gasteiger partial charge in [0.05, 0.1) is 0 Å². The van der Waals surface area contributed by atoms with Crippen LogP contribution in [-0.2, 0) is 6.61 Å². The van der Waals surface area contributed by atoms with Crippen LogP contribution in [0.1, 0.15) is 40.3 Å². The van der Waals surface area contributed by atoms with Crippen molar-refractivity contribution < 1.29 is 18.7 Å². The monoisotopic (exact) mass is 346 g/mol. The molecule has 1 fully saturated rings. The molecule has 6 heteroatoms. The maximum atomic E-state index is 13.3. The van der Waals surface area contributed by atoms with Gasteiger partial charge in [-0.3, -0.25) is 4.79 Å². The number of furan rings is 1. The van der Waals surface area contributed by atoms with Crippen LogP contribution in [0.5, 0.6) is 0 Å². The Hall–Kier alpha value is -2.34. The first-order valence-electron chi connectivity index (χ1n) is 8.50. The SMILES string of the molecule is Cc1cc(F)ccc1N1CCCC(NC(=O)c2oc(CO)cc2C)C1. The minimum absolute atomic E-state index is 0.00669. The van der Waals surface area contributed by atoms with Crippen LogP contribution in [-0.4, -0.2) is 30.1 Å². The van der Waals surface area contributed by atoms with Crippen molar-refractivity contribution in [1.29, 1.82) is 0 Å². The van der Waals surface area contributed by atoms with Crippen molar-refractivity contribution in [2.45, 2.75) is 39.3 Å². The zero-order valence-electron chi connectivity index (χ0n) is 14.5. The van der Waals surface area contributed by atoms with Gasteiger partial charge in [0.1, 0.15) is 18.2 Å². The number of nitrogens with one attached hydrogen (secondary N) is 1. The Morgan fingerprint density at radius 2 is 2.16 bits per heavy atom. The quantitative estimate of drug-likeness (QED) is 0.893. The lowest BCUT2D eigenvalue weighted by molar-refractivity contribution is 0.0899. The maximum Gasteiger partial charge on any atom is 0.287 e. The molecule has 2 heterocycles. The lowest BCUT2D eigenvalue weighted by Gasteiger charge is -2.35. The first-order valence-corrected chi connectivity index (χ1v) is 8.50. The third kappa shape index (κ3) is 3.85. The number of rotatable bonds is 4. The predicted octanol–water partition coefficient (Wildman–Crippen LogP) is 2.93. The lowest BCUT2D eigenvalue weighted by Crippen LogP contribution is -2.48. The van der Waals surface area contributed by atoms with Crippen LogP contribution in [0.4, 0.5) is 10.1 Å². The van der Waals surface area contributed by atoms with E-state index in [1.807, 2.05) is 6.92 Å². The molecule has 3 rings (SSSR count). The highest BCUT2D eigenvalue weighted by atomic mass is 19.1. The molecule has 2 aromatic rings. The molecule has 1 aliphatic rings. The number of carbonyl (C=O) groups is 1. The summed E-state index contributed by atoms with van der Waals surface area (Å²) in [6, 6.07) is 6.45. The van der Waals surface area contributed by atoms with Gasteiger partial charge in [-0.2, -0.15) is 0 Å². The van der Waals surface area contributed by atoms with Gasteiger partial charge in [-0.05, 0) is 56.5 Å². The van der Waals surface area contributed by atoms with Crippen molar-refractivity contribution in [1.82, 2.24) is 5.32 Å². The van der Waals surface area contributed by atoms with Crippen molar-refractivity contribution in [2.75, 3.05) is 18.0 Å². The van der Waals surface area contributed by atoms with Gasteiger partial charge in [0.25, 0.3) is 5.91 Å². The van der Waals surface area contributed by atoms with E-state index in [-0.39, 0.29) is 30.1 Å². The fourth-order valence-electron chi connectivity index (χ4n) is 3.39. The minimum atomic E-state index is -0.264. The molecule has 1 unspecified atom stereocenters. The molecule has 0 bridgehead atoms. The van der Waals surface area contributed by atoms with Gasteiger partial charge < -0.3 is 19.7 Å². The van der Waals surface area contributed by atoms with Gasteiger partial charge in [0.15, 0.2) is 5.76 Å². The molecule has 0 saturated carbocycles. The molecule has 0 radical (unpaired) electrons. The lowest BCUT2D eigenvalue weighted by atomic mass is 10.0. The number of benzene rings is 1. The molecule has 1 saturated heterocycles. The normalized spacial score (nSPS) is 17.6. The Morgan fingerprint density at radius 3 is 2.84 bits per heavy atom. The van der Waals surface area contributed by atoms with Gasteiger partial charge in [-0.15, -0.1) is 0 Å². The Balaban J connectivity index is 1.69. The molecule has 0 aliphatic carbocycles. The number of anilines is 1. The number of hydrogen-bond acceptors (Lipinski definition) is 4. The van der Waals surface area contributed by atoms with Crippen LogP contribution in [0.15, 0.2) is 28.7 Å². The van der Waals surface area contributed by atoms with Crippen LogP contribution in [0.25, 0.3) is 0 Å². The highest BCUT2D eigenvalue weighted by Gasteiger charge is 2.25. The molecular formula is C19H23FN2O3. The summed E-state index contributed by atoms with van der Waals surface area (Å²) in [6.07, 6.45) is 1.83.